The predicted octanol–water partition coefficient (Wildman–Crippen LogP) is 1.52. The van der Waals surface area contributed by atoms with Crippen LogP contribution >= 0.6 is 11.3 Å². The molecule has 1 aromatic heterocycles. The molecule has 0 bridgehead atoms. The van der Waals surface area contributed by atoms with E-state index in [0.717, 1.165) is 12.8 Å². The number of thiazole rings is 1. The molecule has 1 aliphatic rings. The lowest BCUT2D eigenvalue weighted by molar-refractivity contribution is -0.143. The first-order valence-electron chi connectivity index (χ1n) is 5.58. The van der Waals surface area contributed by atoms with E-state index in [1.165, 1.54) is 11.3 Å². The molecule has 6 heteroatoms. The van der Waals surface area contributed by atoms with Gasteiger partial charge in [0.25, 0.3) is 5.91 Å². The Morgan fingerprint density at radius 2 is 2.29 bits per heavy atom. The normalized spacial score (nSPS) is 24.2. The van der Waals surface area contributed by atoms with E-state index in [4.69, 9.17) is 5.11 Å². The van der Waals surface area contributed by atoms with Crippen LogP contribution in [0.2, 0.25) is 0 Å². The van der Waals surface area contributed by atoms with Crippen molar-refractivity contribution < 1.29 is 14.7 Å². The van der Waals surface area contributed by atoms with E-state index in [1.807, 2.05) is 0 Å². The fourth-order valence-corrected chi connectivity index (χ4v) is 2.66. The van der Waals surface area contributed by atoms with Crippen LogP contribution in [0, 0.1) is 5.92 Å². The topological polar surface area (TPSA) is 79.3 Å². The highest BCUT2D eigenvalue weighted by Crippen LogP contribution is 2.24. The van der Waals surface area contributed by atoms with Crippen molar-refractivity contribution in [2.75, 3.05) is 0 Å². The van der Waals surface area contributed by atoms with Gasteiger partial charge in [-0.05, 0) is 19.3 Å². The van der Waals surface area contributed by atoms with E-state index in [2.05, 4.69) is 10.3 Å². The first-order valence-corrected chi connectivity index (χ1v) is 6.53. The molecule has 92 valence electrons. The fourth-order valence-electron chi connectivity index (χ4n) is 2.13. The fraction of sp³-hybridized carbons (Fsp3) is 0.545. The summed E-state index contributed by atoms with van der Waals surface area (Å²) in [4.78, 5) is 26.6. The molecule has 1 aromatic rings. The molecular formula is C11H14N2O3S. The molecule has 1 heterocycles. The molecule has 1 fully saturated rings. The van der Waals surface area contributed by atoms with Crippen molar-refractivity contribution in [3.05, 3.63) is 16.6 Å². The second-order valence-electron chi connectivity index (χ2n) is 4.25. The standard InChI is InChI=1S/C11H14N2O3S/c14-10(9-5-17-6-12-9)13-8-3-1-2-7(4-8)11(15)16/h5-8H,1-4H2,(H,13,14)(H,15,16). The monoisotopic (exact) mass is 254 g/mol. The van der Waals surface area contributed by atoms with Crippen molar-refractivity contribution in [1.29, 1.82) is 0 Å². The molecule has 1 saturated carbocycles. The van der Waals surface area contributed by atoms with Gasteiger partial charge in [-0.1, -0.05) is 6.42 Å². The van der Waals surface area contributed by atoms with Crippen LogP contribution in [0.3, 0.4) is 0 Å². The molecule has 2 unspecified atom stereocenters. The Balaban J connectivity index is 1.91. The van der Waals surface area contributed by atoms with Crippen molar-refractivity contribution in [2.24, 2.45) is 5.92 Å². The maximum atomic E-state index is 11.7. The molecule has 1 aliphatic carbocycles. The maximum Gasteiger partial charge on any atom is 0.306 e. The first kappa shape index (κ1) is 12.0. The highest BCUT2D eigenvalue weighted by molar-refractivity contribution is 7.07. The average Bonchev–Trinajstić information content (AvgIpc) is 2.82. The van der Waals surface area contributed by atoms with E-state index in [0.29, 0.717) is 18.5 Å². The smallest absolute Gasteiger partial charge is 0.306 e. The van der Waals surface area contributed by atoms with Gasteiger partial charge in [0.1, 0.15) is 5.69 Å². The zero-order valence-electron chi connectivity index (χ0n) is 9.26. The van der Waals surface area contributed by atoms with Gasteiger partial charge in [0.05, 0.1) is 11.4 Å². The molecule has 1 amide bonds. The summed E-state index contributed by atoms with van der Waals surface area (Å²) in [6.45, 7) is 0. The summed E-state index contributed by atoms with van der Waals surface area (Å²) in [7, 11) is 0. The van der Waals surface area contributed by atoms with Gasteiger partial charge in [-0.2, -0.15) is 0 Å². The minimum atomic E-state index is -0.766. The summed E-state index contributed by atoms with van der Waals surface area (Å²) in [6.07, 6.45) is 2.92. The van der Waals surface area contributed by atoms with Crippen LogP contribution in [-0.2, 0) is 4.79 Å². The summed E-state index contributed by atoms with van der Waals surface area (Å²) >= 11 is 1.37. The van der Waals surface area contributed by atoms with Gasteiger partial charge in [0, 0.05) is 11.4 Å². The highest BCUT2D eigenvalue weighted by Gasteiger charge is 2.28. The summed E-state index contributed by atoms with van der Waals surface area (Å²) in [5.41, 5.74) is 2.02. The van der Waals surface area contributed by atoms with Gasteiger partial charge in [-0.15, -0.1) is 11.3 Å². The van der Waals surface area contributed by atoms with E-state index in [9.17, 15) is 9.59 Å². The van der Waals surface area contributed by atoms with Gasteiger partial charge < -0.3 is 10.4 Å². The van der Waals surface area contributed by atoms with Crippen molar-refractivity contribution in [2.45, 2.75) is 31.7 Å². The Hall–Kier alpha value is -1.43. The van der Waals surface area contributed by atoms with Crippen LogP contribution in [0.5, 0.6) is 0 Å². The number of rotatable bonds is 3. The lowest BCUT2D eigenvalue weighted by Crippen LogP contribution is -2.40. The zero-order chi connectivity index (χ0) is 12.3. The molecule has 2 atom stereocenters. The van der Waals surface area contributed by atoms with Crippen molar-refractivity contribution >= 4 is 23.2 Å². The van der Waals surface area contributed by atoms with Crippen molar-refractivity contribution in [3.8, 4) is 0 Å². The number of carboxylic acid groups (broad SMARTS) is 1. The zero-order valence-corrected chi connectivity index (χ0v) is 10.1. The number of aromatic nitrogens is 1. The number of aliphatic carboxylic acids is 1. The van der Waals surface area contributed by atoms with Gasteiger partial charge >= 0.3 is 5.97 Å². The third-order valence-electron chi connectivity index (χ3n) is 3.02. The number of carbonyl (C=O) groups is 2. The van der Waals surface area contributed by atoms with E-state index < -0.39 is 5.97 Å². The molecular weight excluding hydrogens is 240 g/mol. The van der Waals surface area contributed by atoms with Gasteiger partial charge in [-0.25, -0.2) is 4.98 Å². The third kappa shape index (κ3) is 3.03. The van der Waals surface area contributed by atoms with Crippen molar-refractivity contribution in [1.82, 2.24) is 10.3 Å². The summed E-state index contributed by atoms with van der Waals surface area (Å²) in [6, 6.07) is -0.0425. The summed E-state index contributed by atoms with van der Waals surface area (Å²) in [5.74, 6) is -1.30. The minimum Gasteiger partial charge on any atom is -0.481 e. The Kier molecular flexibility index (Phi) is 3.73. The van der Waals surface area contributed by atoms with Gasteiger partial charge in [0.15, 0.2) is 0 Å². The van der Waals surface area contributed by atoms with Crippen molar-refractivity contribution in [3.63, 3.8) is 0 Å². The number of hydrogen-bond acceptors (Lipinski definition) is 4. The second kappa shape index (κ2) is 5.27. The van der Waals surface area contributed by atoms with Crippen LogP contribution < -0.4 is 5.32 Å². The lowest BCUT2D eigenvalue weighted by atomic mass is 9.86. The molecule has 2 N–H and O–H groups in total. The average molecular weight is 254 g/mol. The Morgan fingerprint density at radius 1 is 1.47 bits per heavy atom. The number of nitrogens with zero attached hydrogens (tertiary/aromatic N) is 1. The molecule has 0 aliphatic heterocycles. The third-order valence-corrected chi connectivity index (χ3v) is 3.61. The largest absolute Gasteiger partial charge is 0.481 e. The molecule has 0 saturated heterocycles. The van der Waals surface area contributed by atoms with Crippen LogP contribution in [0.15, 0.2) is 10.9 Å². The minimum absolute atomic E-state index is 0.0425. The first-order chi connectivity index (χ1) is 8.16. The van der Waals surface area contributed by atoms with Gasteiger partial charge in [-0.3, -0.25) is 9.59 Å². The van der Waals surface area contributed by atoms with Crippen LogP contribution in [0.1, 0.15) is 36.2 Å². The molecule has 2 rings (SSSR count). The highest BCUT2D eigenvalue weighted by atomic mass is 32.1. The SMILES string of the molecule is O=C(NC1CCCC(C(=O)O)C1)c1cscn1. The predicted molar refractivity (Wildman–Crippen MR) is 63.0 cm³/mol. The number of carbonyl (C=O) groups excluding carboxylic acids is 1. The number of nitrogens with one attached hydrogen (secondary N) is 1. The molecule has 0 spiro atoms. The lowest BCUT2D eigenvalue weighted by Gasteiger charge is -2.27. The quantitative estimate of drug-likeness (QED) is 0.857. The van der Waals surface area contributed by atoms with E-state index in [-0.39, 0.29) is 17.9 Å². The Labute approximate surface area is 103 Å². The molecule has 0 radical (unpaired) electrons. The summed E-state index contributed by atoms with van der Waals surface area (Å²) < 4.78 is 0. The van der Waals surface area contributed by atoms with E-state index in [1.54, 1.807) is 10.9 Å². The number of hydrogen-bond donors (Lipinski definition) is 2. The second-order valence-corrected chi connectivity index (χ2v) is 4.96. The molecule has 5 nitrogen and oxygen atoms in total. The van der Waals surface area contributed by atoms with Crippen LogP contribution in [0.25, 0.3) is 0 Å². The van der Waals surface area contributed by atoms with Crippen LogP contribution in [-0.4, -0.2) is 28.0 Å². The molecule has 0 aromatic carbocycles. The maximum absolute atomic E-state index is 11.7. The van der Waals surface area contributed by atoms with Crippen LogP contribution in [0.4, 0.5) is 0 Å². The van der Waals surface area contributed by atoms with E-state index >= 15 is 0 Å². The number of amides is 1. The Bertz CT molecular complexity index is 405. The van der Waals surface area contributed by atoms with Gasteiger partial charge in [0.2, 0.25) is 0 Å². The Morgan fingerprint density at radius 3 is 2.94 bits per heavy atom. The summed E-state index contributed by atoms with van der Waals surface area (Å²) in [5, 5.41) is 13.5. The molecule has 17 heavy (non-hydrogen) atoms. The number of carboxylic acids is 1.